The topological polar surface area (TPSA) is 88.7 Å². The number of carbonyl (C=O) groups is 2. The summed E-state index contributed by atoms with van der Waals surface area (Å²) in [4.78, 5) is 32.3. The minimum absolute atomic E-state index is 0.260. The van der Waals surface area contributed by atoms with Crippen molar-refractivity contribution in [3.05, 3.63) is 72.4 Å². The monoisotopic (exact) mass is 418 g/mol. The molecule has 0 spiro atoms. The fraction of sp³-hybridized carbons (Fsp3) is 0.250. The molecule has 1 aliphatic rings. The first-order valence-corrected chi connectivity index (χ1v) is 10.4. The molecule has 0 bridgehead atoms. The Morgan fingerprint density at radius 2 is 1.74 bits per heavy atom. The van der Waals surface area contributed by atoms with Crippen LogP contribution in [-0.4, -0.2) is 65.6 Å². The van der Waals surface area contributed by atoms with Crippen LogP contribution in [0.5, 0.6) is 0 Å². The zero-order valence-electron chi connectivity index (χ0n) is 17.2. The smallest absolute Gasteiger partial charge is 0.247 e. The number of para-hydroxylation sites is 2. The molecule has 3 aromatic rings. The van der Waals surface area contributed by atoms with E-state index in [9.17, 15) is 14.7 Å². The number of benzene rings is 2. The minimum atomic E-state index is -0.955. The highest BCUT2D eigenvalue weighted by atomic mass is 16.3. The molecular weight excluding hydrogens is 392 g/mol. The van der Waals surface area contributed by atoms with Crippen molar-refractivity contribution in [2.24, 2.45) is 0 Å². The number of aromatic nitrogens is 1. The normalized spacial score (nSPS) is 15.4. The maximum Gasteiger partial charge on any atom is 0.247 e. The molecule has 1 fully saturated rings. The molecule has 4 rings (SSSR count). The van der Waals surface area contributed by atoms with Crippen LogP contribution in [0.4, 0.5) is 5.69 Å². The van der Waals surface area contributed by atoms with Gasteiger partial charge in [0.15, 0.2) is 0 Å². The molecule has 0 aliphatic carbocycles. The standard InChI is InChI=1S/C24H26N4O3/c29-17-22(24(31)28-14-12-27(13-15-28)19-6-2-1-3-7-19)26-23(30)11-10-18-16-25-21-9-5-4-8-20(18)21/h1-11,16,22,25,29H,12-15,17H2,(H,26,30)/t22-/m0/s1. The van der Waals surface area contributed by atoms with Crippen LogP contribution in [0.3, 0.4) is 0 Å². The van der Waals surface area contributed by atoms with Crippen LogP contribution in [0.2, 0.25) is 0 Å². The van der Waals surface area contributed by atoms with E-state index in [2.05, 4.69) is 15.2 Å². The molecule has 160 valence electrons. The molecule has 7 nitrogen and oxygen atoms in total. The van der Waals surface area contributed by atoms with E-state index in [4.69, 9.17) is 0 Å². The van der Waals surface area contributed by atoms with Gasteiger partial charge in [-0.15, -0.1) is 0 Å². The first kappa shape index (κ1) is 20.7. The highest BCUT2D eigenvalue weighted by Crippen LogP contribution is 2.19. The lowest BCUT2D eigenvalue weighted by molar-refractivity contribution is -0.137. The van der Waals surface area contributed by atoms with Crippen molar-refractivity contribution in [1.82, 2.24) is 15.2 Å². The molecular formula is C24H26N4O3. The maximum atomic E-state index is 12.8. The molecule has 2 amide bonds. The van der Waals surface area contributed by atoms with Crippen LogP contribution in [0, 0.1) is 0 Å². The van der Waals surface area contributed by atoms with Crippen LogP contribution in [0.15, 0.2) is 66.9 Å². The third-order valence-electron chi connectivity index (χ3n) is 5.55. The van der Waals surface area contributed by atoms with E-state index in [1.165, 1.54) is 6.08 Å². The summed E-state index contributed by atoms with van der Waals surface area (Å²) in [6, 6.07) is 16.9. The van der Waals surface area contributed by atoms with Gasteiger partial charge in [0.05, 0.1) is 6.61 Å². The van der Waals surface area contributed by atoms with Crippen LogP contribution in [0.1, 0.15) is 5.56 Å². The van der Waals surface area contributed by atoms with Crippen molar-refractivity contribution in [3.63, 3.8) is 0 Å². The Morgan fingerprint density at radius 1 is 1.03 bits per heavy atom. The fourth-order valence-electron chi connectivity index (χ4n) is 3.85. The number of rotatable bonds is 6. The number of H-pyrrole nitrogens is 1. The average molecular weight is 418 g/mol. The second-order valence-electron chi connectivity index (χ2n) is 7.51. The Hall–Kier alpha value is -3.58. The second kappa shape index (κ2) is 9.49. The Morgan fingerprint density at radius 3 is 2.48 bits per heavy atom. The fourth-order valence-corrected chi connectivity index (χ4v) is 3.85. The van der Waals surface area contributed by atoms with Crippen LogP contribution in [-0.2, 0) is 9.59 Å². The molecule has 2 aromatic carbocycles. The number of nitrogens with zero attached hydrogens (tertiary/aromatic N) is 2. The Labute approximate surface area is 181 Å². The number of anilines is 1. The summed E-state index contributed by atoms with van der Waals surface area (Å²) >= 11 is 0. The highest BCUT2D eigenvalue weighted by molar-refractivity contribution is 5.98. The molecule has 3 N–H and O–H groups in total. The molecule has 1 aromatic heterocycles. The number of fused-ring (bicyclic) bond motifs is 1. The number of amides is 2. The average Bonchev–Trinajstić information content (AvgIpc) is 3.24. The summed E-state index contributed by atoms with van der Waals surface area (Å²) in [5.74, 6) is -0.676. The third-order valence-corrected chi connectivity index (χ3v) is 5.55. The van der Waals surface area contributed by atoms with E-state index < -0.39 is 18.6 Å². The number of hydrogen-bond acceptors (Lipinski definition) is 4. The minimum Gasteiger partial charge on any atom is -0.394 e. The molecule has 1 saturated heterocycles. The first-order valence-electron chi connectivity index (χ1n) is 10.4. The van der Waals surface area contributed by atoms with Crippen LogP contribution < -0.4 is 10.2 Å². The Balaban J connectivity index is 1.33. The van der Waals surface area contributed by atoms with E-state index in [1.54, 1.807) is 11.0 Å². The third kappa shape index (κ3) is 4.78. The summed E-state index contributed by atoms with van der Waals surface area (Å²) < 4.78 is 0. The van der Waals surface area contributed by atoms with Gasteiger partial charge in [-0.2, -0.15) is 0 Å². The number of carbonyl (C=O) groups excluding carboxylic acids is 2. The zero-order chi connectivity index (χ0) is 21.6. The summed E-state index contributed by atoms with van der Waals surface area (Å²) in [6.07, 6.45) is 4.92. The highest BCUT2D eigenvalue weighted by Gasteiger charge is 2.28. The van der Waals surface area contributed by atoms with E-state index >= 15 is 0 Å². The molecule has 31 heavy (non-hydrogen) atoms. The molecule has 0 unspecified atom stereocenters. The lowest BCUT2D eigenvalue weighted by Gasteiger charge is -2.37. The van der Waals surface area contributed by atoms with Crippen molar-refractivity contribution in [2.75, 3.05) is 37.7 Å². The van der Waals surface area contributed by atoms with Gasteiger partial charge >= 0.3 is 0 Å². The van der Waals surface area contributed by atoms with Gasteiger partial charge in [0, 0.05) is 55.0 Å². The number of aromatic amines is 1. The molecule has 0 saturated carbocycles. The van der Waals surface area contributed by atoms with Gasteiger partial charge < -0.3 is 25.2 Å². The molecule has 2 heterocycles. The van der Waals surface area contributed by atoms with Crippen molar-refractivity contribution in [3.8, 4) is 0 Å². The van der Waals surface area contributed by atoms with E-state index in [0.29, 0.717) is 26.2 Å². The quantitative estimate of drug-likeness (QED) is 0.535. The maximum absolute atomic E-state index is 12.8. The Bertz CT molecular complexity index is 1070. The number of hydrogen-bond donors (Lipinski definition) is 3. The summed E-state index contributed by atoms with van der Waals surface area (Å²) in [6.45, 7) is 2.07. The lowest BCUT2D eigenvalue weighted by Crippen LogP contribution is -2.56. The summed E-state index contributed by atoms with van der Waals surface area (Å²) in [7, 11) is 0. The first-order chi connectivity index (χ1) is 15.2. The second-order valence-corrected chi connectivity index (χ2v) is 7.51. The van der Waals surface area contributed by atoms with E-state index in [0.717, 1.165) is 22.2 Å². The van der Waals surface area contributed by atoms with Crippen molar-refractivity contribution in [1.29, 1.82) is 0 Å². The molecule has 1 aliphatic heterocycles. The van der Waals surface area contributed by atoms with Gasteiger partial charge in [-0.25, -0.2) is 0 Å². The number of piperazine rings is 1. The lowest BCUT2D eigenvalue weighted by atomic mass is 10.1. The Kier molecular flexibility index (Phi) is 6.33. The van der Waals surface area contributed by atoms with Gasteiger partial charge in [-0.3, -0.25) is 9.59 Å². The number of aliphatic hydroxyl groups excluding tert-OH is 1. The van der Waals surface area contributed by atoms with Crippen LogP contribution >= 0.6 is 0 Å². The zero-order valence-corrected chi connectivity index (χ0v) is 17.2. The van der Waals surface area contributed by atoms with Crippen LogP contribution in [0.25, 0.3) is 17.0 Å². The predicted molar refractivity (Wildman–Crippen MR) is 122 cm³/mol. The largest absolute Gasteiger partial charge is 0.394 e. The molecule has 7 heteroatoms. The molecule has 0 radical (unpaired) electrons. The van der Waals surface area contributed by atoms with Gasteiger partial charge in [-0.05, 0) is 29.8 Å². The number of aliphatic hydroxyl groups is 1. The van der Waals surface area contributed by atoms with Gasteiger partial charge in [0.1, 0.15) is 6.04 Å². The molecule has 1 atom stereocenters. The van der Waals surface area contributed by atoms with Crippen molar-refractivity contribution < 1.29 is 14.7 Å². The van der Waals surface area contributed by atoms with Crippen molar-refractivity contribution >= 4 is 34.5 Å². The van der Waals surface area contributed by atoms with E-state index in [-0.39, 0.29) is 5.91 Å². The van der Waals surface area contributed by atoms with Gasteiger partial charge in [0.25, 0.3) is 0 Å². The van der Waals surface area contributed by atoms with Gasteiger partial charge in [0.2, 0.25) is 11.8 Å². The summed E-state index contributed by atoms with van der Waals surface area (Å²) in [5.41, 5.74) is 3.00. The van der Waals surface area contributed by atoms with Gasteiger partial charge in [-0.1, -0.05) is 36.4 Å². The summed E-state index contributed by atoms with van der Waals surface area (Å²) in [5, 5.41) is 13.3. The SMILES string of the molecule is O=C(C=Cc1c[nH]c2ccccc12)N[C@@H](CO)C(=O)N1CCN(c2ccccc2)CC1. The predicted octanol–water partition coefficient (Wildman–Crippen LogP) is 2.01. The van der Waals surface area contributed by atoms with Crippen molar-refractivity contribution in [2.45, 2.75) is 6.04 Å². The number of nitrogens with one attached hydrogen (secondary N) is 2. The van der Waals surface area contributed by atoms with E-state index in [1.807, 2.05) is 60.8 Å².